The van der Waals surface area contributed by atoms with Crippen LogP contribution in [0.1, 0.15) is 12.1 Å². The summed E-state index contributed by atoms with van der Waals surface area (Å²) in [6, 6.07) is 0. The zero-order valence-corrected chi connectivity index (χ0v) is 8.85. The lowest BCUT2D eigenvalue weighted by Crippen LogP contribution is -2.49. The quantitative estimate of drug-likeness (QED) is 0.757. The van der Waals surface area contributed by atoms with Gasteiger partial charge >= 0.3 is 0 Å². The van der Waals surface area contributed by atoms with Crippen LogP contribution in [0.3, 0.4) is 0 Å². The van der Waals surface area contributed by atoms with Crippen molar-refractivity contribution < 1.29 is 4.74 Å². The molecule has 2 heterocycles. The fraction of sp³-hybridized carbons (Fsp3) is 0.667. The van der Waals surface area contributed by atoms with Crippen LogP contribution in [0.25, 0.3) is 0 Å². The minimum Gasteiger partial charge on any atom is -0.379 e. The molecular formula is C9H15N3OS. The molecule has 3 N–H and O–H groups in total. The highest BCUT2D eigenvalue weighted by atomic mass is 32.1. The number of ether oxygens (including phenoxy) is 1. The Hall–Kier alpha value is -0.490. The SMILES string of the molecule is NC1(CNCc2cscn2)CCOC1. The number of rotatable bonds is 4. The molecule has 1 aliphatic rings. The van der Waals surface area contributed by atoms with Gasteiger partial charge < -0.3 is 15.8 Å². The van der Waals surface area contributed by atoms with Crippen molar-refractivity contribution in [3.63, 3.8) is 0 Å². The van der Waals surface area contributed by atoms with Gasteiger partial charge in [0.2, 0.25) is 0 Å². The van der Waals surface area contributed by atoms with E-state index in [1.165, 1.54) is 0 Å². The average molecular weight is 213 g/mol. The first-order valence-corrected chi connectivity index (χ1v) is 5.67. The third-order valence-electron chi connectivity index (χ3n) is 2.40. The molecule has 1 aromatic rings. The second kappa shape index (κ2) is 4.35. The maximum Gasteiger partial charge on any atom is 0.0795 e. The van der Waals surface area contributed by atoms with Gasteiger partial charge in [-0.3, -0.25) is 0 Å². The number of nitrogens with zero attached hydrogens (tertiary/aromatic N) is 1. The van der Waals surface area contributed by atoms with Crippen molar-refractivity contribution in [3.05, 3.63) is 16.6 Å². The summed E-state index contributed by atoms with van der Waals surface area (Å²) in [5.41, 5.74) is 8.84. The molecule has 0 amide bonds. The normalized spacial score (nSPS) is 26.9. The van der Waals surface area contributed by atoms with Gasteiger partial charge in [0, 0.05) is 25.1 Å². The Kier molecular flexibility index (Phi) is 3.12. The van der Waals surface area contributed by atoms with Gasteiger partial charge in [-0.2, -0.15) is 0 Å². The van der Waals surface area contributed by atoms with Crippen LogP contribution in [0.5, 0.6) is 0 Å². The molecule has 0 spiro atoms. The molecule has 0 saturated carbocycles. The van der Waals surface area contributed by atoms with E-state index in [-0.39, 0.29) is 5.54 Å². The summed E-state index contributed by atoms with van der Waals surface area (Å²) in [6.07, 6.45) is 0.942. The molecule has 1 aromatic heterocycles. The minimum absolute atomic E-state index is 0.171. The highest BCUT2D eigenvalue weighted by Crippen LogP contribution is 2.14. The molecule has 4 nitrogen and oxygen atoms in total. The van der Waals surface area contributed by atoms with E-state index >= 15 is 0 Å². The van der Waals surface area contributed by atoms with E-state index in [9.17, 15) is 0 Å². The molecule has 1 fully saturated rings. The standard InChI is InChI=1S/C9H15N3OS/c10-9(1-2-13-6-9)5-11-3-8-4-14-7-12-8/h4,7,11H,1-3,5-6,10H2. The first-order valence-electron chi connectivity index (χ1n) is 4.73. The molecule has 1 unspecified atom stereocenters. The van der Waals surface area contributed by atoms with Crippen molar-refractivity contribution >= 4 is 11.3 Å². The molecule has 14 heavy (non-hydrogen) atoms. The number of thiazole rings is 1. The Balaban J connectivity index is 1.72. The number of nitrogens with one attached hydrogen (secondary N) is 1. The van der Waals surface area contributed by atoms with Gasteiger partial charge in [0.1, 0.15) is 0 Å². The van der Waals surface area contributed by atoms with Crippen molar-refractivity contribution in [2.45, 2.75) is 18.5 Å². The van der Waals surface area contributed by atoms with Gasteiger partial charge in [0.05, 0.1) is 23.4 Å². The largest absolute Gasteiger partial charge is 0.379 e. The topological polar surface area (TPSA) is 60.2 Å². The van der Waals surface area contributed by atoms with Crippen LogP contribution in [-0.2, 0) is 11.3 Å². The molecular weight excluding hydrogens is 198 g/mol. The van der Waals surface area contributed by atoms with Gasteiger partial charge in [-0.1, -0.05) is 0 Å². The van der Waals surface area contributed by atoms with E-state index < -0.39 is 0 Å². The second-order valence-electron chi connectivity index (χ2n) is 3.75. The highest BCUT2D eigenvalue weighted by molar-refractivity contribution is 7.07. The van der Waals surface area contributed by atoms with Crippen LogP contribution in [-0.4, -0.2) is 30.3 Å². The summed E-state index contributed by atoms with van der Waals surface area (Å²) in [4.78, 5) is 4.19. The Morgan fingerprint density at radius 1 is 1.71 bits per heavy atom. The monoisotopic (exact) mass is 213 g/mol. The van der Waals surface area contributed by atoms with Crippen molar-refractivity contribution in [3.8, 4) is 0 Å². The first-order chi connectivity index (χ1) is 6.79. The van der Waals surface area contributed by atoms with Crippen LogP contribution < -0.4 is 11.1 Å². The third-order valence-corrected chi connectivity index (χ3v) is 3.04. The maximum atomic E-state index is 6.09. The van der Waals surface area contributed by atoms with E-state index in [2.05, 4.69) is 10.3 Å². The van der Waals surface area contributed by atoms with Crippen molar-refractivity contribution in [1.29, 1.82) is 0 Å². The lowest BCUT2D eigenvalue weighted by molar-refractivity contribution is 0.177. The minimum atomic E-state index is -0.171. The van der Waals surface area contributed by atoms with Crippen LogP contribution in [0.2, 0.25) is 0 Å². The van der Waals surface area contributed by atoms with Crippen LogP contribution in [0.4, 0.5) is 0 Å². The van der Waals surface area contributed by atoms with E-state index in [1.807, 2.05) is 10.9 Å². The number of nitrogens with two attached hydrogens (primary N) is 1. The van der Waals surface area contributed by atoms with Crippen LogP contribution in [0, 0.1) is 0 Å². The lowest BCUT2D eigenvalue weighted by Gasteiger charge is -2.21. The van der Waals surface area contributed by atoms with Gasteiger partial charge in [-0.25, -0.2) is 4.98 Å². The molecule has 78 valence electrons. The summed E-state index contributed by atoms with van der Waals surface area (Å²) >= 11 is 1.61. The molecule has 1 atom stereocenters. The summed E-state index contributed by atoms with van der Waals surface area (Å²) in [7, 11) is 0. The Bertz CT molecular complexity index is 270. The molecule has 2 rings (SSSR count). The summed E-state index contributed by atoms with van der Waals surface area (Å²) in [5.74, 6) is 0. The van der Waals surface area contributed by atoms with Crippen molar-refractivity contribution in [2.75, 3.05) is 19.8 Å². The van der Waals surface area contributed by atoms with E-state index in [1.54, 1.807) is 11.3 Å². The zero-order valence-electron chi connectivity index (χ0n) is 8.03. The van der Waals surface area contributed by atoms with Gasteiger partial charge in [-0.15, -0.1) is 11.3 Å². The van der Waals surface area contributed by atoms with E-state index in [4.69, 9.17) is 10.5 Å². The predicted octanol–water partition coefficient (Wildman–Crippen LogP) is 0.350. The summed E-state index contributed by atoms with van der Waals surface area (Å²) in [5, 5.41) is 5.35. The average Bonchev–Trinajstić information content (AvgIpc) is 2.77. The van der Waals surface area contributed by atoms with E-state index in [0.29, 0.717) is 6.61 Å². The number of hydrogen-bond acceptors (Lipinski definition) is 5. The van der Waals surface area contributed by atoms with Gasteiger partial charge in [0.15, 0.2) is 0 Å². The molecule has 1 saturated heterocycles. The smallest absolute Gasteiger partial charge is 0.0795 e. The van der Waals surface area contributed by atoms with Gasteiger partial charge in [-0.05, 0) is 6.42 Å². The second-order valence-corrected chi connectivity index (χ2v) is 4.47. The molecule has 0 aliphatic carbocycles. The third kappa shape index (κ3) is 2.51. The molecule has 0 aromatic carbocycles. The Labute approximate surface area is 87.5 Å². The Morgan fingerprint density at radius 3 is 3.29 bits per heavy atom. The highest BCUT2D eigenvalue weighted by Gasteiger charge is 2.29. The van der Waals surface area contributed by atoms with Crippen molar-refractivity contribution in [2.24, 2.45) is 5.73 Å². The molecule has 1 aliphatic heterocycles. The molecule has 0 bridgehead atoms. The number of hydrogen-bond donors (Lipinski definition) is 2. The summed E-state index contributed by atoms with van der Waals surface area (Å²) in [6.45, 7) is 3.04. The molecule has 5 heteroatoms. The molecule has 0 radical (unpaired) electrons. The maximum absolute atomic E-state index is 6.09. The Morgan fingerprint density at radius 2 is 2.64 bits per heavy atom. The number of aromatic nitrogens is 1. The fourth-order valence-corrected chi connectivity index (χ4v) is 2.09. The lowest BCUT2D eigenvalue weighted by atomic mass is 10.0. The van der Waals surface area contributed by atoms with Gasteiger partial charge in [0.25, 0.3) is 0 Å². The van der Waals surface area contributed by atoms with E-state index in [0.717, 1.165) is 31.8 Å². The predicted molar refractivity (Wildman–Crippen MR) is 56.2 cm³/mol. The van der Waals surface area contributed by atoms with Crippen molar-refractivity contribution in [1.82, 2.24) is 10.3 Å². The summed E-state index contributed by atoms with van der Waals surface area (Å²) < 4.78 is 5.27. The fourth-order valence-electron chi connectivity index (χ4n) is 1.53. The van der Waals surface area contributed by atoms with Crippen LogP contribution >= 0.6 is 11.3 Å². The first kappa shape index (κ1) is 10.0. The zero-order chi connectivity index (χ0) is 9.86. The van der Waals surface area contributed by atoms with Crippen LogP contribution in [0.15, 0.2) is 10.9 Å².